The molecule has 0 radical (unpaired) electrons. The van der Waals surface area contributed by atoms with Crippen LogP contribution < -0.4 is 5.73 Å². The van der Waals surface area contributed by atoms with E-state index in [1.54, 1.807) is 20.8 Å². The Bertz CT molecular complexity index is 591. The number of benzene rings is 1. The largest absolute Gasteiger partial charge is 0.481 e. The predicted octanol–water partition coefficient (Wildman–Crippen LogP) is 2.93. The second-order valence-corrected chi connectivity index (χ2v) is 6.39. The number of halogens is 3. The summed E-state index contributed by atoms with van der Waals surface area (Å²) in [6.45, 7) is 4.87. The van der Waals surface area contributed by atoms with Crippen LogP contribution in [0.2, 0.25) is 0 Å². The van der Waals surface area contributed by atoms with Gasteiger partial charge < -0.3 is 15.6 Å². The van der Waals surface area contributed by atoms with Crippen molar-refractivity contribution in [2.75, 3.05) is 0 Å². The van der Waals surface area contributed by atoms with E-state index < -0.39 is 47.7 Å². The molecule has 134 valence electrons. The molecule has 5 nitrogen and oxygen atoms in total. The molecule has 0 aliphatic heterocycles. The van der Waals surface area contributed by atoms with Crippen LogP contribution in [0.15, 0.2) is 24.3 Å². The fourth-order valence-electron chi connectivity index (χ4n) is 2.12. The van der Waals surface area contributed by atoms with Gasteiger partial charge in [0.15, 0.2) is 0 Å². The van der Waals surface area contributed by atoms with Crippen LogP contribution in [-0.4, -0.2) is 28.7 Å². The van der Waals surface area contributed by atoms with E-state index in [0.29, 0.717) is 0 Å². The molecule has 0 fully saturated rings. The third-order valence-electron chi connectivity index (χ3n) is 3.10. The van der Waals surface area contributed by atoms with Crippen molar-refractivity contribution in [3.63, 3.8) is 0 Å². The molecule has 2 atom stereocenters. The zero-order valence-corrected chi connectivity index (χ0v) is 13.6. The zero-order chi connectivity index (χ0) is 18.7. The van der Waals surface area contributed by atoms with Gasteiger partial charge in [0.2, 0.25) is 0 Å². The van der Waals surface area contributed by atoms with E-state index in [-0.39, 0.29) is 5.56 Å². The fraction of sp³-hybridized carbons (Fsp3) is 0.500. The van der Waals surface area contributed by atoms with Gasteiger partial charge >= 0.3 is 18.1 Å². The van der Waals surface area contributed by atoms with E-state index in [4.69, 9.17) is 15.6 Å². The molecule has 1 aromatic carbocycles. The van der Waals surface area contributed by atoms with Gasteiger partial charge in [0.25, 0.3) is 0 Å². The van der Waals surface area contributed by atoms with Crippen LogP contribution >= 0.6 is 0 Å². The molecule has 0 aromatic heterocycles. The maximum Gasteiger partial charge on any atom is 0.416 e. The molecule has 0 unspecified atom stereocenters. The Morgan fingerprint density at radius 2 is 1.67 bits per heavy atom. The second kappa shape index (κ2) is 7.21. The first kappa shape index (κ1) is 20.0. The first-order chi connectivity index (χ1) is 10.8. The first-order valence-corrected chi connectivity index (χ1v) is 7.18. The second-order valence-electron chi connectivity index (χ2n) is 6.39. The molecule has 1 rings (SSSR count). The van der Waals surface area contributed by atoms with Crippen LogP contribution in [0.5, 0.6) is 0 Å². The number of aliphatic carboxylic acids is 1. The molecule has 0 amide bonds. The normalized spacial score (nSPS) is 14.8. The van der Waals surface area contributed by atoms with Gasteiger partial charge in [-0.05, 0) is 38.5 Å². The minimum atomic E-state index is -4.51. The molecule has 8 heteroatoms. The van der Waals surface area contributed by atoms with Crippen molar-refractivity contribution >= 4 is 11.9 Å². The third-order valence-corrected chi connectivity index (χ3v) is 3.10. The minimum absolute atomic E-state index is 0.172. The van der Waals surface area contributed by atoms with Crippen molar-refractivity contribution in [1.82, 2.24) is 0 Å². The molecular formula is C16H20F3NO4. The van der Waals surface area contributed by atoms with Crippen LogP contribution in [0.1, 0.15) is 44.2 Å². The molecule has 0 spiro atoms. The molecule has 0 aliphatic rings. The van der Waals surface area contributed by atoms with Crippen molar-refractivity contribution in [2.24, 2.45) is 5.73 Å². The Balaban J connectivity index is 3.17. The summed E-state index contributed by atoms with van der Waals surface area (Å²) in [5.41, 5.74) is 4.25. The van der Waals surface area contributed by atoms with Crippen molar-refractivity contribution in [2.45, 2.75) is 50.9 Å². The molecular weight excluding hydrogens is 327 g/mol. The molecule has 1 aromatic rings. The highest BCUT2D eigenvalue weighted by molar-refractivity contribution is 5.81. The minimum Gasteiger partial charge on any atom is -0.481 e. The van der Waals surface area contributed by atoms with E-state index in [0.717, 1.165) is 24.3 Å². The Morgan fingerprint density at radius 3 is 2.04 bits per heavy atom. The third kappa shape index (κ3) is 5.84. The zero-order valence-electron chi connectivity index (χ0n) is 13.6. The lowest BCUT2D eigenvalue weighted by molar-refractivity contribution is -0.157. The van der Waals surface area contributed by atoms with Gasteiger partial charge in [0.05, 0.1) is 17.9 Å². The predicted molar refractivity (Wildman–Crippen MR) is 80.3 cm³/mol. The number of carboxylic acid groups (broad SMARTS) is 1. The number of nitrogens with two attached hydrogens (primary N) is 1. The van der Waals surface area contributed by atoms with Crippen molar-refractivity contribution < 1.29 is 32.6 Å². The monoisotopic (exact) mass is 347 g/mol. The average molecular weight is 347 g/mol. The van der Waals surface area contributed by atoms with Gasteiger partial charge in [-0.1, -0.05) is 12.1 Å². The Labute approximate surface area is 137 Å². The molecule has 24 heavy (non-hydrogen) atoms. The van der Waals surface area contributed by atoms with Gasteiger partial charge in [-0.15, -0.1) is 0 Å². The number of hydrogen-bond acceptors (Lipinski definition) is 4. The average Bonchev–Trinajstić information content (AvgIpc) is 2.35. The summed E-state index contributed by atoms with van der Waals surface area (Å²) in [5, 5.41) is 8.86. The number of alkyl halides is 3. The van der Waals surface area contributed by atoms with Crippen molar-refractivity contribution in [1.29, 1.82) is 0 Å². The van der Waals surface area contributed by atoms with Crippen LogP contribution in [0.25, 0.3) is 0 Å². The fourth-order valence-corrected chi connectivity index (χ4v) is 2.12. The van der Waals surface area contributed by atoms with Gasteiger partial charge in [0.1, 0.15) is 5.60 Å². The summed E-state index contributed by atoms with van der Waals surface area (Å²) in [7, 11) is 0. The SMILES string of the molecule is CC(C)(C)OC(=O)[C@H](c1ccc(C(F)(F)F)cc1)[C@@H](N)CC(=O)O. The molecule has 0 bridgehead atoms. The number of hydrogen-bond donors (Lipinski definition) is 2. The van der Waals surface area contributed by atoms with E-state index in [2.05, 4.69) is 0 Å². The number of rotatable bonds is 5. The summed E-state index contributed by atoms with van der Waals surface area (Å²) in [4.78, 5) is 23.2. The lowest BCUT2D eigenvalue weighted by Gasteiger charge is -2.27. The highest BCUT2D eigenvalue weighted by Crippen LogP contribution is 2.31. The lowest BCUT2D eigenvalue weighted by Crippen LogP contribution is -2.39. The Morgan fingerprint density at radius 1 is 1.17 bits per heavy atom. The number of carbonyl (C=O) groups is 2. The highest BCUT2D eigenvalue weighted by atomic mass is 19.4. The van der Waals surface area contributed by atoms with Crippen LogP contribution in [-0.2, 0) is 20.5 Å². The number of carboxylic acids is 1. The Hall–Kier alpha value is -2.09. The quantitative estimate of drug-likeness (QED) is 0.800. The number of carbonyl (C=O) groups excluding carboxylic acids is 1. The molecule has 0 saturated carbocycles. The number of esters is 1. The van der Waals surface area contributed by atoms with Crippen molar-refractivity contribution in [3.05, 3.63) is 35.4 Å². The molecule has 0 aliphatic carbocycles. The summed E-state index contributed by atoms with van der Waals surface area (Å²) in [5.74, 6) is -3.18. The summed E-state index contributed by atoms with van der Waals surface area (Å²) in [6, 6.07) is 2.73. The summed E-state index contributed by atoms with van der Waals surface area (Å²) >= 11 is 0. The Kier molecular flexibility index (Phi) is 5.99. The van der Waals surface area contributed by atoms with Gasteiger partial charge in [-0.25, -0.2) is 0 Å². The van der Waals surface area contributed by atoms with E-state index >= 15 is 0 Å². The molecule has 0 heterocycles. The van der Waals surface area contributed by atoms with Crippen molar-refractivity contribution in [3.8, 4) is 0 Å². The van der Waals surface area contributed by atoms with Gasteiger partial charge in [0, 0.05) is 6.04 Å². The maximum atomic E-state index is 12.6. The van der Waals surface area contributed by atoms with Gasteiger partial charge in [-0.3, -0.25) is 9.59 Å². The lowest BCUT2D eigenvalue weighted by atomic mass is 9.89. The summed E-state index contributed by atoms with van der Waals surface area (Å²) in [6.07, 6.45) is -5.03. The number of ether oxygens (including phenoxy) is 1. The van der Waals surface area contributed by atoms with Gasteiger partial charge in [-0.2, -0.15) is 13.2 Å². The molecule has 3 N–H and O–H groups in total. The van der Waals surface area contributed by atoms with Crippen LogP contribution in [0.3, 0.4) is 0 Å². The van der Waals surface area contributed by atoms with E-state index in [9.17, 15) is 22.8 Å². The highest BCUT2D eigenvalue weighted by Gasteiger charge is 2.34. The maximum absolute atomic E-state index is 12.6. The van der Waals surface area contributed by atoms with E-state index in [1.807, 2.05) is 0 Å². The first-order valence-electron chi connectivity index (χ1n) is 7.18. The standard InChI is InChI=1S/C16H20F3NO4/c1-15(2,3)24-14(23)13(11(20)8-12(21)22)9-4-6-10(7-5-9)16(17,18)19/h4-7,11,13H,8,20H2,1-3H3,(H,21,22)/t11-,13+/m0/s1. The van der Waals surface area contributed by atoms with Crippen LogP contribution in [0, 0.1) is 0 Å². The smallest absolute Gasteiger partial charge is 0.416 e. The van der Waals surface area contributed by atoms with Crippen LogP contribution in [0.4, 0.5) is 13.2 Å². The summed E-state index contributed by atoms with van der Waals surface area (Å²) < 4.78 is 43.1. The topological polar surface area (TPSA) is 89.6 Å². The molecule has 0 saturated heterocycles. The van der Waals surface area contributed by atoms with E-state index in [1.165, 1.54) is 0 Å².